The normalized spacial score (nSPS) is 21.2. The molecule has 1 N–H and O–H groups in total. The van der Waals surface area contributed by atoms with Crippen LogP contribution in [0.3, 0.4) is 0 Å². The molecule has 0 saturated carbocycles. The van der Waals surface area contributed by atoms with E-state index in [1.807, 2.05) is 0 Å². The lowest BCUT2D eigenvalue weighted by Crippen LogP contribution is -2.38. The minimum atomic E-state index is -4.68. The van der Waals surface area contributed by atoms with Gasteiger partial charge in [-0.1, -0.05) is 0 Å². The number of hydrogen-bond donors (Lipinski definition) is 1. The second-order valence-corrected chi connectivity index (χ2v) is 4.40. The molecule has 1 saturated heterocycles. The summed E-state index contributed by atoms with van der Waals surface area (Å²) < 4.78 is 50.6. The molecule has 1 unspecified atom stereocenters. The Morgan fingerprint density at radius 1 is 1.28 bits per heavy atom. The van der Waals surface area contributed by atoms with Crippen LogP contribution in [0.15, 0.2) is 18.2 Å². The van der Waals surface area contributed by atoms with E-state index in [-0.39, 0.29) is 0 Å². The summed E-state index contributed by atoms with van der Waals surface area (Å²) in [6, 6.07) is 2.86. The molecule has 18 heavy (non-hydrogen) atoms. The number of nitrogens with zero attached hydrogens (tertiary/aromatic N) is 1. The van der Waals surface area contributed by atoms with Gasteiger partial charge in [-0.2, -0.15) is 13.2 Å². The lowest BCUT2D eigenvalue weighted by atomic mass is 10.1. The van der Waals surface area contributed by atoms with E-state index in [0.717, 1.165) is 18.6 Å². The lowest BCUT2D eigenvalue weighted by Gasteiger charge is -2.32. The van der Waals surface area contributed by atoms with Gasteiger partial charge in [-0.05, 0) is 31.0 Å². The largest absolute Gasteiger partial charge is 0.419 e. The second kappa shape index (κ2) is 4.76. The lowest BCUT2D eigenvalue weighted by molar-refractivity contribution is -0.139. The number of piperidine rings is 1. The summed E-state index contributed by atoms with van der Waals surface area (Å²) in [6.07, 6.45) is -3.78. The molecule has 6 heteroatoms. The SMILES string of the molecule is OC1CCCN(c2ccc(C(F)(F)F)c(F)c2)C1. The first-order chi connectivity index (χ1) is 8.38. The summed E-state index contributed by atoms with van der Waals surface area (Å²) >= 11 is 0. The number of aliphatic hydroxyl groups is 1. The molecular weight excluding hydrogens is 250 g/mol. The Hall–Kier alpha value is -1.30. The summed E-state index contributed by atoms with van der Waals surface area (Å²) in [4.78, 5) is 1.69. The summed E-state index contributed by atoms with van der Waals surface area (Å²) in [5.41, 5.74) is -0.886. The first-order valence-electron chi connectivity index (χ1n) is 5.67. The van der Waals surface area contributed by atoms with Crippen molar-refractivity contribution in [2.24, 2.45) is 0 Å². The van der Waals surface area contributed by atoms with E-state index in [0.29, 0.717) is 25.2 Å². The average molecular weight is 263 g/mol. The highest BCUT2D eigenvalue weighted by Crippen LogP contribution is 2.33. The maximum atomic E-state index is 13.4. The van der Waals surface area contributed by atoms with Gasteiger partial charge in [0.2, 0.25) is 0 Å². The Morgan fingerprint density at radius 2 is 2.00 bits per heavy atom. The molecule has 0 spiro atoms. The number of β-amino-alcohol motifs (C(OH)–C–C–N with tert-alkyl or cyclic N) is 1. The molecule has 1 aromatic rings. The fourth-order valence-electron chi connectivity index (χ4n) is 2.12. The van der Waals surface area contributed by atoms with E-state index < -0.39 is 23.7 Å². The fourth-order valence-corrected chi connectivity index (χ4v) is 2.12. The van der Waals surface area contributed by atoms with E-state index in [2.05, 4.69) is 0 Å². The van der Waals surface area contributed by atoms with Crippen molar-refractivity contribution in [2.75, 3.05) is 18.0 Å². The van der Waals surface area contributed by atoms with Gasteiger partial charge in [-0.25, -0.2) is 4.39 Å². The van der Waals surface area contributed by atoms with Crippen molar-refractivity contribution < 1.29 is 22.7 Å². The third-order valence-electron chi connectivity index (χ3n) is 3.02. The van der Waals surface area contributed by atoms with Crippen molar-refractivity contribution in [1.82, 2.24) is 0 Å². The molecule has 1 aliphatic rings. The highest BCUT2D eigenvalue weighted by atomic mass is 19.4. The topological polar surface area (TPSA) is 23.5 Å². The predicted molar refractivity (Wildman–Crippen MR) is 58.9 cm³/mol. The zero-order valence-corrected chi connectivity index (χ0v) is 9.54. The van der Waals surface area contributed by atoms with Crippen molar-refractivity contribution in [3.05, 3.63) is 29.6 Å². The van der Waals surface area contributed by atoms with Gasteiger partial charge in [-0.15, -0.1) is 0 Å². The molecule has 1 aromatic carbocycles. The van der Waals surface area contributed by atoms with Gasteiger partial charge in [0.1, 0.15) is 5.82 Å². The minimum absolute atomic E-state index is 0.324. The third kappa shape index (κ3) is 2.75. The van der Waals surface area contributed by atoms with Crippen molar-refractivity contribution in [3.63, 3.8) is 0 Å². The first-order valence-corrected chi connectivity index (χ1v) is 5.67. The quantitative estimate of drug-likeness (QED) is 0.787. The third-order valence-corrected chi connectivity index (χ3v) is 3.02. The maximum absolute atomic E-state index is 13.4. The molecule has 1 fully saturated rings. The van der Waals surface area contributed by atoms with E-state index in [4.69, 9.17) is 0 Å². The molecule has 0 bridgehead atoms. The zero-order valence-electron chi connectivity index (χ0n) is 9.54. The molecule has 0 radical (unpaired) electrons. The van der Waals surface area contributed by atoms with Crippen molar-refractivity contribution in [2.45, 2.75) is 25.1 Å². The highest BCUT2D eigenvalue weighted by Gasteiger charge is 2.34. The van der Waals surface area contributed by atoms with Crippen LogP contribution in [0.5, 0.6) is 0 Å². The molecule has 0 aromatic heterocycles. The van der Waals surface area contributed by atoms with Crippen LogP contribution in [0.1, 0.15) is 18.4 Å². The number of anilines is 1. The summed E-state index contributed by atoms with van der Waals surface area (Å²) in [6.45, 7) is 0.937. The number of hydrogen-bond acceptors (Lipinski definition) is 2. The van der Waals surface area contributed by atoms with Gasteiger partial charge >= 0.3 is 6.18 Å². The molecule has 2 rings (SSSR count). The molecule has 1 atom stereocenters. The first kappa shape index (κ1) is 13.1. The van der Waals surface area contributed by atoms with E-state index in [9.17, 15) is 22.7 Å². The van der Waals surface area contributed by atoms with Crippen LogP contribution in [0.25, 0.3) is 0 Å². The van der Waals surface area contributed by atoms with E-state index >= 15 is 0 Å². The average Bonchev–Trinajstić information content (AvgIpc) is 2.27. The van der Waals surface area contributed by atoms with Gasteiger partial charge in [-0.3, -0.25) is 0 Å². The van der Waals surface area contributed by atoms with Gasteiger partial charge < -0.3 is 10.0 Å². The number of rotatable bonds is 1. The zero-order chi connectivity index (χ0) is 13.3. The van der Waals surface area contributed by atoms with Gasteiger partial charge in [0.15, 0.2) is 0 Å². The Bertz CT molecular complexity index is 433. The van der Waals surface area contributed by atoms with Crippen molar-refractivity contribution in [3.8, 4) is 0 Å². The number of benzene rings is 1. The predicted octanol–water partition coefficient (Wildman–Crippen LogP) is 2.81. The highest BCUT2D eigenvalue weighted by molar-refractivity contribution is 5.49. The molecule has 1 aliphatic heterocycles. The molecular formula is C12H13F4NO. The Morgan fingerprint density at radius 3 is 2.56 bits per heavy atom. The molecule has 100 valence electrons. The van der Waals surface area contributed by atoms with Gasteiger partial charge in [0.05, 0.1) is 11.7 Å². The second-order valence-electron chi connectivity index (χ2n) is 4.40. The minimum Gasteiger partial charge on any atom is -0.391 e. The van der Waals surface area contributed by atoms with Gasteiger partial charge in [0.25, 0.3) is 0 Å². The Kier molecular flexibility index (Phi) is 3.47. The van der Waals surface area contributed by atoms with E-state index in [1.54, 1.807) is 4.90 Å². The van der Waals surface area contributed by atoms with Crippen LogP contribution >= 0.6 is 0 Å². The Labute approximate surface area is 102 Å². The number of aliphatic hydroxyl groups excluding tert-OH is 1. The maximum Gasteiger partial charge on any atom is 0.419 e. The molecule has 1 heterocycles. The van der Waals surface area contributed by atoms with Crippen LogP contribution in [0, 0.1) is 5.82 Å². The van der Waals surface area contributed by atoms with Crippen LogP contribution in [0.4, 0.5) is 23.2 Å². The summed E-state index contributed by atoms with van der Waals surface area (Å²) in [5, 5.41) is 9.48. The van der Waals surface area contributed by atoms with Crippen LogP contribution in [0.2, 0.25) is 0 Å². The standard InChI is InChI=1S/C12H13F4NO/c13-11-6-8(3-4-10(11)12(14,15)16)17-5-1-2-9(18)7-17/h3-4,6,9,18H,1-2,5,7H2. The van der Waals surface area contributed by atoms with Crippen molar-refractivity contribution in [1.29, 1.82) is 0 Å². The Balaban J connectivity index is 2.23. The van der Waals surface area contributed by atoms with Crippen molar-refractivity contribution >= 4 is 5.69 Å². The monoisotopic (exact) mass is 263 g/mol. The van der Waals surface area contributed by atoms with E-state index in [1.165, 1.54) is 6.07 Å². The summed E-state index contributed by atoms with van der Waals surface area (Å²) in [7, 11) is 0. The van der Waals surface area contributed by atoms with Crippen LogP contribution in [-0.2, 0) is 6.18 Å². The molecule has 2 nitrogen and oxygen atoms in total. The van der Waals surface area contributed by atoms with Crippen LogP contribution in [-0.4, -0.2) is 24.3 Å². The number of alkyl halides is 3. The van der Waals surface area contributed by atoms with Gasteiger partial charge in [0, 0.05) is 18.8 Å². The smallest absolute Gasteiger partial charge is 0.391 e. The molecule has 0 aliphatic carbocycles. The summed E-state index contributed by atoms with van der Waals surface area (Å²) in [5.74, 6) is -1.28. The number of halogens is 4. The van der Waals surface area contributed by atoms with Crippen LogP contribution < -0.4 is 4.90 Å². The molecule has 0 amide bonds. The fraction of sp³-hybridized carbons (Fsp3) is 0.500.